The highest BCUT2D eigenvalue weighted by Crippen LogP contribution is 2.26. The number of benzene rings is 2. The Hall–Kier alpha value is -3.02. The predicted molar refractivity (Wildman–Crippen MR) is 123 cm³/mol. The number of fused-ring (bicyclic) bond motifs is 1. The summed E-state index contributed by atoms with van der Waals surface area (Å²) in [6, 6.07) is 13.1. The van der Waals surface area contributed by atoms with Crippen molar-refractivity contribution in [3.05, 3.63) is 68.7 Å². The lowest BCUT2D eigenvalue weighted by Crippen LogP contribution is -2.16. The standard InChI is InChI=1S/C20H15FN4O3S3/c1-28-12-6-4-5-11(9-12)25-17-16(31-20(25)29)18(27)24-19(23-17)30-10-15(26)22-14-8-3-2-7-13(14)21/h2-9H,10H2,1H3,(H,22,26)(H,23,24,27). The second-order valence-electron chi connectivity index (χ2n) is 6.25. The number of aromatic amines is 1. The van der Waals surface area contributed by atoms with Crippen molar-refractivity contribution < 1.29 is 13.9 Å². The number of methoxy groups -OCH3 is 1. The van der Waals surface area contributed by atoms with E-state index in [1.165, 1.54) is 18.2 Å². The van der Waals surface area contributed by atoms with Crippen molar-refractivity contribution in [1.82, 2.24) is 14.5 Å². The number of halogens is 1. The highest BCUT2D eigenvalue weighted by atomic mass is 32.2. The topological polar surface area (TPSA) is 89.0 Å². The lowest BCUT2D eigenvalue weighted by Gasteiger charge is -2.08. The zero-order valence-electron chi connectivity index (χ0n) is 16.0. The van der Waals surface area contributed by atoms with Gasteiger partial charge in [-0.2, -0.15) is 0 Å². The van der Waals surface area contributed by atoms with Gasteiger partial charge in [-0.25, -0.2) is 9.37 Å². The van der Waals surface area contributed by atoms with Crippen LogP contribution in [0, 0.1) is 9.77 Å². The zero-order chi connectivity index (χ0) is 22.0. The molecule has 0 aliphatic rings. The van der Waals surface area contributed by atoms with Crippen LogP contribution in [0.3, 0.4) is 0 Å². The van der Waals surface area contributed by atoms with E-state index < -0.39 is 11.7 Å². The number of amides is 1. The highest BCUT2D eigenvalue weighted by Gasteiger charge is 2.15. The zero-order valence-corrected chi connectivity index (χ0v) is 18.5. The Morgan fingerprint density at radius 2 is 2.13 bits per heavy atom. The van der Waals surface area contributed by atoms with Gasteiger partial charge in [-0.15, -0.1) is 0 Å². The molecular weight excluding hydrogens is 459 g/mol. The van der Waals surface area contributed by atoms with E-state index in [2.05, 4.69) is 15.3 Å². The molecule has 2 aromatic carbocycles. The molecule has 0 bridgehead atoms. The summed E-state index contributed by atoms with van der Waals surface area (Å²) in [6.07, 6.45) is 0. The quantitative estimate of drug-likeness (QED) is 0.245. The van der Waals surface area contributed by atoms with Gasteiger partial charge in [0.1, 0.15) is 16.3 Å². The summed E-state index contributed by atoms with van der Waals surface area (Å²) in [6.45, 7) is 0. The third-order valence-corrected chi connectivity index (χ3v) is 6.46. The average Bonchev–Trinajstić information content (AvgIpc) is 3.10. The van der Waals surface area contributed by atoms with E-state index in [1.807, 2.05) is 12.1 Å². The Kier molecular flexibility index (Phi) is 6.16. The maximum atomic E-state index is 13.7. The molecule has 0 atom stereocenters. The van der Waals surface area contributed by atoms with Gasteiger partial charge in [0.15, 0.2) is 14.8 Å². The van der Waals surface area contributed by atoms with Gasteiger partial charge in [0.2, 0.25) is 5.91 Å². The molecule has 0 aliphatic carbocycles. The molecule has 11 heteroatoms. The van der Waals surface area contributed by atoms with E-state index in [4.69, 9.17) is 17.0 Å². The first-order valence-electron chi connectivity index (χ1n) is 8.94. The van der Waals surface area contributed by atoms with Gasteiger partial charge in [0.05, 0.1) is 24.2 Å². The average molecular weight is 475 g/mol. The van der Waals surface area contributed by atoms with Crippen molar-refractivity contribution in [3.8, 4) is 11.4 Å². The number of aromatic nitrogens is 3. The molecule has 4 aromatic rings. The number of rotatable bonds is 6. The molecule has 31 heavy (non-hydrogen) atoms. The van der Waals surface area contributed by atoms with Crippen molar-refractivity contribution in [2.24, 2.45) is 0 Å². The van der Waals surface area contributed by atoms with Gasteiger partial charge in [-0.05, 0) is 36.5 Å². The molecule has 0 saturated carbocycles. The fourth-order valence-electron chi connectivity index (χ4n) is 2.82. The predicted octanol–water partition coefficient (Wildman–Crippen LogP) is 4.38. The first-order chi connectivity index (χ1) is 15.0. The van der Waals surface area contributed by atoms with E-state index in [9.17, 15) is 14.0 Å². The Morgan fingerprint density at radius 1 is 1.32 bits per heavy atom. The number of hydrogen-bond acceptors (Lipinski definition) is 7. The summed E-state index contributed by atoms with van der Waals surface area (Å²) in [5.74, 6) is -0.368. The monoisotopic (exact) mass is 474 g/mol. The second-order valence-corrected chi connectivity index (χ2v) is 8.85. The number of thioether (sulfide) groups is 1. The van der Waals surface area contributed by atoms with Crippen LogP contribution in [-0.4, -0.2) is 33.3 Å². The number of nitrogens with zero attached hydrogens (tertiary/aromatic N) is 2. The minimum Gasteiger partial charge on any atom is -0.497 e. The summed E-state index contributed by atoms with van der Waals surface area (Å²) < 4.78 is 21.5. The van der Waals surface area contributed by atoms with Crippen LogP contribution in [0.4, 0.5) is 10.1 Å². The lowest BCUT2D eigenvalue weighted by atomic mass is 10.3. The third-order valence-electron chi connectivity index (χ3n) is 4.22. The van der Waals surface area contributed by atoms with Crippen LogP contribution in [0.1, 0.15) is 0 Å². The van der Waals surface area contributed by atoms with E-state index >= 15 is 0 Å². The molecule has 1 amide bonds. The number of nitrogens with one attached hydrogen (secondary N) is 2. The van der Waals surface area contributed by atoms with E-state index in [0.717, 1.165) is 23.1 Å². The number of hydrogen-bond donors (Lipinski definition) is 2. The van der Waals surface area contributed by atoms with E-state index in [1.54, 1.807) is 29.9 Å². The maximum Gasteiger partial charge on any atom is 0.271 e. The molecule has 7 nitrogen and oxygen atoms in total. The molecule has 0 unspecified atom stereocenters. The van der Waals surface area contributed by atoms with E-state index in [-0.39, 0.29) is 22.2 Å². The summed E-state index contributed by atoms with van der Waals surface area (Å²) in [7, 11) is 1.56. The molecule has 0 aliphatic heterocycles. The van der Waals surface area contributed by atoms with Crippen LogP contribution in [0.15, 0.2) is 58.5 Å². The molecule has 2 N–H and O–H groups in total. The second kappa shape index (κ2) is 9.00. The van der Waals surface area contributed by atoms with Crippen LogP contribution < -0.4 is 15.6 Å². The maximum absolute atomic E-state index is 13.7. The van der Waals surface area contributed by atoms with Gasteiger partial charge in [-0.1, -0.05) is 41.3 Å². The number of H-pyrrole nitrogens is 1. The minimum atomic E-state index is -0.524. The number of ether oxygens (including phenoxy) is 1. The van der Waals surface area contributed by atoms with Crippen molar-refractivity contribution in [2.75, 3.05) is 18.2 Å². The van der Waals surface area contributed by atoms with Gasteiger partial charge < -0.3 is 15.0 Å². The van der Waals surface area contributed by atoms with Crippen molar-refractivity contribution in [3.63, 3.8) is 0 Å². The van der Waals surface area contributed by atoms with E-state index in [0.29, 0.717) is 25.7 Å². The summed E-state index contributed by atoms with van der Waals surface area (Å²) in [5, 5.41) is 2.75. The highest BCUT2D eigenvalue weighted by molar-refractivity contribution is 7.99. The van der Waals surface area contributed by atoms with Gasteiger partial charge in [0.25, 0.3) is 5.56 Å². The number of carbonyl (C=O) groups excluding carboxylic acids is 1. The van der Waals surface area contributed by atoms with Crippen molar-refractivity contribution in [1.29, 1.82) is 0 Å². The molecule has 158 valence electrons. The molecule has 0 saturated heterocycles. The van der Waals surface area contributed by atoms with Gasteiger partial charge >= 0.3 is 0 Å². The fourth-order valence-corrected chi connectivity index (χ4v) is 4.75. The van der Waals surface area contributed by atoms with Crippen LogP contribution in [0.5, 0.6) is 5.75 Å². The van der Waals surface area contributed by atoms with Crippen LogP contribution >= 0.6 is 35.3 Å². The SMILES string of the molecule is COc1cccc(-n2c(=S)sc3c(=O)[nH]c(SCC(=O)Nc4ccccc4F)nc32)c1. The molecule has 0 radical (unpaired) electrons. The molecule has 2 aromatic heterocycles. The molecule has 2 heterocycles. The van der Waals surface area contributed by atoms with Gasteiger partial charge in [0, 0.05) is 6.07 Å². The first-order valence-corrected chi connectivity index (χ1v) is 11.1. The minimum absolute atomic E-state index is 0.0627. The molecule has 4 rings (SSSR count). The van der Waals surface area contributed by atoms with Crippen LogP contribution in [0.25, 0.3) is 16.0 Å². The summed E-state index contributed by atoms with van der Waals surface area (Å²) in [5.41, 5.74) is 0.847. The Morgan fingerprint density at radius 3 is 2.90 bits per heavy atom. The summed E-state index contributed by atoms with van der Waals surface area (Å²) >= 11 is 7.64. The fraction of sp³-hybridized carbons (Fsp3) is 0.100. The molecule has 0 fully saturated rings. The first kappa shape index (κ1) is 21.2. The van der Waals surface area contributed by atoms with Gasteiger partial charge in [-0.3, -0.25) is 14.2 Å². The van der Waals surface area contributed by atoms with Crippen LogP contribution in [-0.2, 0) is 4.79 Å². The number of thiazole rings is 1. The Bertz CT molecular complexity index is 1400. The third kappa shape index (κ3) is 4.53. The number of carbonyl (C=O) groups is 1. The molecular formula is C20H15FN4O3S3. The largest absolute Gasteiger partial charge is 0.497 e. The normalized spacial score (nSPS) is 10.9. The smallest absolute Gasteiger partial charge is 0.271 e. The molecule has 0 spiro atoms. The summed E-state index contributed by atoms with van der Waals surface area (Å²) in [4.78, 5) is 31.9. The number of para-hydroxylation sites is 1. The van der Waals surface area contributed by atoms with Crippen molar-refractivity contribution in [2.45, 2.75) is 5.16 Å². The number of anilines is 1. The Balaban J connectivity index is 1.62. The Labute approximate surface area is 188 Å². The van der Waals surface area contributed by atoms with Crippen molar-refractivity contribution >= 4 is 57.3 Å². The van der Waals surface area contributed by atoms with Crippen LogP contribution in [0.2, 0.25) is 0 Å². The lowest BCUT2D eigenvalue weighted by molar-refractivity contribution is -0.113.